The van der Waals surface area contributed by atoms with Crippen LogP contribution >= 0.6 is 0 Å². The summed E-state index contributed by atoms with van der Waals surface area (Å²) in [7, 11) is 0. The van der Waals surface area contributed by atoms with Gasteiger partial charge < -0.3 is 4.42 Å². The van der Waals surface area contributed by atoms with Crippen LogP contribution in [0, 0.1) is 0 Å². The SMILES string of the molecule is CC1(C)c2ccccc2-c2c(-c3cccc4oc5cccc(-c6cc(-c7ccccc7)cc(-c7ccccc7)c6)c5c34)cccc21. The first-order chi connectivity index (χ1) is 22.6. The van der Waals surface area contributed by atoms with Crippen LogP contribution in [0.25, 0.3) is 77.6 Å². The molecule has 0 N–H and O–H groups in total. The van der Waals surface area contributed by atoms with Crippen molar-refractivity contribution in [2.75, 3.05) is 0 Å². The third-order valence-electron chi connectivity index (χ3n) is 9.88. The standard InChI is InChI=1S/C45H32O/c1-45(2)38-22-10-9-18-37(38)42-35(20-11-23-39(42)45)36-21-13-25-41-44(36)43-34(19-12-24-40(43)46-41)33-27-31(29-14-5-3-6-15-29)26-32(28-33)30-16-7-4-8-17-30/h3-28H,1-2H3. The van der Waals surface area contributed by atoms with Gasteiger partial charge in [0.05, 0.1) is 0 Å². The van der Waals surface area contributed by atoms with Crippen LogP contribution < -0.4 is 0 Å². The summed E-state index contributed by atoms with van der Waals surface area (Å²) in [6.45, 7) is 4.69. The van der Waals surface area contributed by atoms with Crippen LogP contribution in [0.3, 0.4) is 0 Å². The van der Waals surface area contributed by atoms with Gasteiger partial charge in [-0.15, -0.1) is 0 Å². The fraction of sp³-hybridized carbons (Fsp3) is 0.0667. The summed E-state index contributed by atoms with van der Waals surface area (Å²) in [5.74, 6) is 0. The van der Waals surface area contributed by atoms with E-state index in [4.69, 9.17) is 4.42 Å². The Morgan fingerprint density at radius 1 is 0.370 bits per heavy atom. The van der Waals surface area contributed by atoms with Crippen LogP contribution in [-0.2, 0) is 5.41 Å². The van der Waals surface area contributed by atoms with E-state index in [0.717, 1.165) is 21.9 Å². The molecule has 7 aromatic carbocycles. The minimum absolute atomic E-state index is 0.0643. The molecule has 1 aromatic heterocycles. The van der Waals surface area contributed by atoms with Gasteiger partial charge in [-0.05, 0) is 97.1 Å². The molecule has 1 heteroatoms. The molecular formula is C45H32O. The molecular weight excluding hydrogens is 556 g/mol. The van der Waals surface area contributed by atoms with Crippen molar-refractivity contribution in [3.63, 3.8) is 0 Å². The van der Waals surface area contributed by atoms with Gasteiger partial charge in [0.15, 0.2) is 0 Å². The average molecular weight is 589 g/mol. The van der Waals surface area contributed by atoms with E-state index in [1.807, 2.05) is 0 Å². The maximum Gasteiger partial charge on any atom is 0.136 e. The summed E-state index contributed by atoms with van der Waals surface area (Å²) in [4.78, 5) is 0. The van der Waals surface area contributed by atoms with Gasteiger partial charge in [0.25, 0.3) is 0 Å². The van der Waals surface area contributed by atoms with Crippen molar-refractivity contribution in [2.45, 2.75) is 19.3 Å². The van der Waals surface area contributed by atoms with Gasteiger partial charge in [0, 0.05) is 16.2 Å². The van der Waals surface area contributed by atoms with E-state index < -0.39 is 0 Å². The highest BCUT2D eigenvalue weighted by Crippen LogP contribution is 2.53. The quantitative estimate of drug-likeness (QED) is 0.199. The average Bonchev–Trinajstić information content (AvgIpc) is 3.61. The molecule has 1 nitrogen and oxygen atoms in total. The van der Waals surface area contributed by atoms with E-state index in [9.17, 15) is 0 Å². The lowest BCUT2D eigenvalue weighted by molar-refractivity contribution is 0.660. The van der Waals surface area contributed by atoms with E-state index in [2.05, 4.69) is 172 Å². The third kappa shape index (κ3) is 4.02. The Balaban J connectivity index is 1.34. The predicted octanol–water partition coefficient (Wildman–Crippen LogP) is 12.6. The number of fused-ring (bicyclic) bond motifs is 6. The highest BCUT2D eigenvalue weighted by Gasteiger charge is 2.36. The molecule has 1 heterocycles. The van der Waals surface area contributed by atoms with Crippen LogP contribution in [0.4, 0.5) is 0 Å². The first kappa shape index (κ1) is 26.7. The second-order valence-electron chi connectivity index (χ2n) is 12.9. The molecule has 9 rings (SSSR count). The summed E-state index contributed by atoms with van der Waals surface area (Å²) < 4.78 is 6.64. The van der Waals surface area contributed by atoms with Crippen LogP contribution in [0.2, 0.25) is 0 Å². The summed E-state index contributed by atoms with van der Waals surface area (Å²) in [5, 5.41) is 2.32. The Morgan fingerprint density at radius 3 is 1.52 bits per heavy atom. The molecule has 218 valence electrons. The highest BCUT2D eigenvalue weighted by molar-refractivity contribution is 6.19. The van der Waals surface area contributed by atoms with Crippen LogP contribution in [0.15, 0.2) is 162 Å². The molecule has 0 atom stereocenters. The summed E-state index contributed by atoms with van der Waals surface area (Å²) in [6.07, 6.45) is 0. The topological polar surface area (TPSA) is 13.1 Å². The molecule has 0 bridgehead atoms. The van der Waals surface area contributed by atoms with Crippen molar-refractivity contribution in [2.24, 2.45) is 0 Å². The molecule has 1 aliphatic rings. The number of hydrogen-bond acceptors (Lipinski definition) is 1. The molecule has 0 spiro atoms. The van der Waals surface area contributed by atoms with Crippen molar-refractivity contribution >= 4 is 21.9 Å². The third-order valence-corrected chi connectivity index (χ3v) is 9.88. The van der Waals surface area contributed by atoms with E-state index in [1.165, 1.54) is 66.8 Å². The van der Waals surface area contributed by atoms with Crippen molar-refractivity contribution < 1.29 is 4.42 Å². The Hall–Kier alpha value is -5.66. The van der Waals surface area contributed by atoms with Gasteiger partial charge in [0.2, 0.25) is 0 Å². The fourth-order valence-corrected chi connectivity index (χ4v) is 7.69. The minimum atomic E-state index is -0.0643. The Bertz CT molecular complexity index is 2370. The van der Waals surface area contributed by atoms with Crippen molar-refractivity contribution in [1.29, 1.82) is 0 Å². The predicted molar refractivity (Wildman–Crippen MR) is 193 cm³/mol. The molecule has 0 unspecified atom stereocenters. The first-order valence-electron chi connectivity index (χ1n) is 16.0. The molecule has 0 radical (unpaired) electrons. The number of benzene rings is 7. The van der Waals surface area contributed by atoms with Crippen LogP contribution in [0.5, 0.6) is 0 Å². The number of furan rings is 1. The lowest BCUT2D eigenvalue weighted by atomic mass is 9.82. The van der Waals surface area contributed by atoms with E-state index >= 15 is 0 Å². The second kappa shape index (κ2) is 10.2. The van der Waals surface area contributed by atoms with Gasteiger partial charge in [-0.1, -0.05) is 141 Å². The van der Waals surface area contributed by atoms with Gasteiger partial charge in [-0.25, -0.2) is 0 Å². The lowest BCUT2D eigenvalue weighted by Crippen LogP contribution is -2.14. The molecule has 46 heavy (non-hydrogen) atoms. The van der Waals surface area contributed by atoms with Crippen LogP contribution in [-0.4, -0.2) is 0 Å². The molecule has 1 aliphatic carbocycles. The lowest BCUT2D eigenvalue weighted by Gasteiger charge is -2.21. The maximum absolute atomic E-state index is 6.64. The smallest absolute Gasteiger partial charge is 0.136 e. The fourth-order valence-electron chi connectivity index (χ4n) is 7.69. The molecule has 0 aliphatic heterocycles. The molecule has 0 saturated carbocycles. The van der Waals surface area contributed by atoms with Gasteiger partial charge in [0.1, 0.15) is 11.2 Å². The van der Waals surface area contributed by atoms with Crippen molar-refractivity contribution in [3.8, 4) is 55.6 Å². The van der Waals surface area contributed by atoms with Crippen LogP contribution in [0.1, 0.15) is 25.0 Å². The normalized spacial score (nSPS) is 13.2. The molecule has 0 fully saturated rings. The Labute approximate surface area is 269 Å². The summed E-state index contributed by atoms with van der Waals surface area (Å²) in [5.41, 5.74) is 16.8. The summed E-state index contributed by atoms with van der Waals surface area (Å²) >= 11 is 0. The second-order valence-corrected chi connectivity index (χ2v) is 12.9. The van der Waals surface area contributed by atoms with E-state index in [1.54, 1.807) is 0 Å². The largest absolute Gasteiger partial charge is 0.456 e. The van der Waals surface area contributed by atoms with Gasteiger partial charge in [-0.2, -0.15) is 0 Å². The summed E-state index contributed by atoms with van der Waals surface area (Å²) in [6, 6.07) is 57.0. The molecule has 8 aromatic rings. The number of hydrogen-bond donors (Lipinski definition) is 0. The maximum atomic E-state index is 6.64. The van der Waals surface area contributed by atoms with Gasteiger partial charge in [-0.3, -0.25) is 0 Å². The van der Waals surface area contributed by atoms with Crippen molar-refractivity contribution in [1.82, 2.24) is 0 Å². The monoisotopic (exact) mass is 588 g/mol. The highest BCUT2D eigenvalue weighted by atomic mass is 16.3. The zero-order valence-corrected chi connectivity index (χ0v) is 25.9. The van der Waals surface area contributed by atoms with E-state index in [-0.39, 0.29) is 5.41 Å². The Kier molecular flexibility index (Phi) is 5.92. The Morgan fingerprint density at radius 2 is 0.848 bits per heavy atom. The van der Waals surface area contributed by atoms with E-state index in [0.29, 0.717) is 0 Å². The molecule has 0 saturated heterocycles. The first-order valence-corrected chi connectivity index (χ1v) is 16.0. The zero-order valence-electron chi connectivity index (χ0n) is 25.9. The molecule has 0 amide bonds. The number of rotatable bonds is 4. The zero-order chi connectivity index (χ0) is 30.8. The van der Waals surface area contributed by atoms with Crippen molar-refractivity contribution in [3.05, 3.63) is 169 Å². The van der Waals surface area contributed by atoms with Gasteiger partial charge >= 0.3 is 0 Å². The minimum Gasteiger partial charge on any atom is -0.456 e.